The van der Waals surface area contributed by atoms with Crippen molar-refractivity contribution in [2.75, 3.05) is 0 Å². The highest BCUT2D eigenvalue weighted by atomic mass is 32.2. The Morgan fingerprint density at radius 1 is 0.619 bits per heavy atom. The number of thioether (sulfide) groups is 4. The van der Waals surface area contributed by atoms with Gasteiger partial charge in [-0.05, 0) is 60.9 Å². The Hall–Kier alpha value is 0.0400. The van der Waals surface area contributed by atoms with E-state index in [1.807, 2.05) is 0 Å². The number of rotatable bonds is 6. The van der Waals surface area contributed by atoms with Crippen LogP contribution in [0.4, 0.5) is 0 Å². The van der Waals surface area contributed by atoms with Gasteiger partial charge in [-0.2, -0.15) is 0 Å². The van der Waals surface area contributed by atoms with Crippen molar-refractivity contribution in [1.82, 2.24) is 0 Å². The molecule has 0 aromatic heterocycles. The zero-order valence-corrected chi connectivity index (χ0v) is 15.9. The fraction of sp³-hybridized carbons (Fsp3) is 0.667. The molecular weight excluding hydrogens is 352 g/mol. The Morgan fingerprint density at radius 3 is 0.952 bits per heavy atom. The third-order valence-electron chi connectivity index (χ3n) is 1.69. The molecular formula is C12H18O5S4. The van der Waals surface area contributed by atoms with Gasteiger partial charge < -0.3 is 4.74 Å². The summed E-state index contributed by atoms with van der Waals surface area (Å²) in [6.07, 6.45) is 0. The number of hydrogen-bond acceptors (Lipinski definition) is 9. The van der Waals surface area contributed by atoms with Crippen molar-refractivity contribution in [3.8, 4) is 0 Å². The molecule has 0 N–H and O–H groups in total. The van der Waals surface area contributed by atoms with E-state index in [4.69, 9.17) is 4.74 Å². The maximum Gasteiger partial charge on any atom is 0.189 e. The van der Waals surface area contributed by atoms with Crippen molar-refractivity contribution in [1.29, 1.82) is 0 Å². The third-order valence-corrected chi connectivity index (χ3v) is 5.65. The van der Waals surface area contributed by atoms with E-state index in [0.29, 0.717) is 0 Å². The molecule has 0 aliphatic heterocycles. The van der Waals surface area contributed by atoms with Crippen molar-refractivity contribution in [3.63, 3.8) is 0 Å². The molecule has 0 aromatic rings. The Bertz CT molecular complexity index is 377. The Labute approximate surface area is 141 Å². The van der Waals surface area contributed by atoms with Crippen LogP contribution >= 0.6 is 47.0 Å². The highest BCUT2D eigenvalue weighted by Crippen LogP contribution is 2.49. The second kappa shape index (κ2) is 8.61. The van der Waals surface area contributed by atoms with E-state index in [9.17, 15) is 19.2 Å². The van der Waals surface area contributed by atoms with Crippen LogP contribution in [0, 0.1) is 0 Å². The molecule has 0 rings (SSSR count). The first-order valence-electron chi connectivity index (χ1n) is 5.86. The van der Waals surface area contributed by atoms with Gasteiger partial charge in [0, 0.05) is 27.7 Å². The molecule has 0 amide bonds. The number of carbonyl (C=O) groups is 4. The summed E-state index contributed by atoms with van der Waals surface area (Å²) in [6, 6.07) is 0. The van der Waals surface area contributed by atoms with Crippen molar-refractivity contribution in [2.24, 2.45) is 0 Å². The lowest BCUT2D eigenvalue weighted by Crippen LogP contribution is -2.35. The lowest BCUT2D eigenvalue weighted by atomic mass is 10.7. The van der Waals surface area contributed by atoms with Gasteiger partial charge in [0.1, 0.15) is 0 Å². The molecule has 0 spiro atoms. The summed E-state index contributed by atoms with van der Waals surface area (Å²) in [5.41, 5.74) is 0. The van der Waals surface area contributed by atoms with Crippen molar-refractivity contribution >= 4 is 67.5 Å². The lowest BCUT2D eigenvalue weighted by molar-refractivity contribution is -0.110. The predicted octanol–water partition coefficient (Wildman–Crippen LogP) is 3.47. The highest BCUT2D eigenvalue weighted by molar-refractivity contribution is 8.31. The summed E-state index contributed by atoms with van der Waals surface area (Å²) in [7, 11) is 0. The van der Waals surface area contributed by atoms with E-state index in [1.54, 1.807) is 13.8 Å². The van der Waals surface area contributed by atoms with Gasteiger partial charge in [-0.25, -0.2) is 0 Å². The molecule has 0 aromatic carbocycles. The molecule has 120 valence electrons. The van der Waals surface area contributed by atoms with Gasteiger partial charge in [-0.1, -0.05) is 0 Å². The van der Waals surface area contributed by atoms with Gasteiger partial charge in [-0.15, -0.1) is 0 Å². The fourth-order valence-corrected chi connectivity index (χ4v) is 6.38. The fourth-order valence-electron chi connectivity index (χ4n) is 1.51. The molecule has 5 nitrogen and oxygen atoms in total. The third kappa shape index (κ3) is 9.62. The molecule has 21 heavy (non-hydrogen) atoms. The van der Waals surface area contributed by atoms with Gasteiger partial charge in [-0.3, -0.25) is 19.2 Å². The van der Waals surface area contributed by atoms with Crippen LogP contribution in [0.1, 0.15) is 41.5 Å². The summed E-state index contributed by atoms with van der Waals surface area (Å²) in [5, 5.41) is -0.910. The normalized spacial score (nSPS) is 12.1. The maximum atomic E-state index is 11.4. The minimum absolute atomic E-state index is 0.228. The second-order valence-corrected chi connectivity index (χ2v) is 11.0. The van der Waals surface area contributed by atoms with E-state index in [-0.39, 0.29) is 20.5 Å². The molecule has 0 fully saturated rings. The summed E-state index contributed by atoms with van der Waals surface area (Å²) in [4.78, 5) is 45.5. The number of hydrogen-bond donors (Lipinski definition) is 0. The van der Waals surface area contributed by atoms with Crippen LogP contribution in [-0.2, 0) is 23.9 Å². The molecule has 0 aliphatic carbocycles. The largest absolute Gasteiger partial charge is 0.327 e. The average Bonchev–Trinajstić information content (AvgIpc) is 2.07. The quantitative estimate of drug-likeness (QED) is 0.653. The SMILES string of the molecule is CC(=O)SC(C)(OC(C)(SC(C)=O)SC(C)=O)SC(C)=O. The van der Waals surface area contributed by atoms with E-state index in [0.717, 1.165) is 47.0 Å². The molecule has 0 atom stereocenters. The first-order chi connectivity index (χ1) is 9.37. The lowest BCUT2D eigenvalue weighted by Gasteiger charge is -2.36. The highest BCUT2D eigenvalue weighted by Gasteiger charge is 2.42. The predicted molar refractivity (Wildman–Crippen MR) is 91.0 cm³/mol. The molecule has 0 heterocycles. The van der Waals surface area contributed by atoms with Crippen LogP contribution in [0.5, 0.6) is 0 Å². The summed E-state index contributed by atoms with van der Waals surface area (Å²) >= 11 is 3.37. The van der Waals surface area contributed by atoms with Gasteiger partial charge >= 0.3 is 0 Å². The average molecular weight is 371 g/mol. The Balaban J connectivity index is 5.36. The van der Waals surface area contributed by atoms with Crippen LogP contribution in [0.2, 0.25) is 0 Å². The van der Waals surface area contributed by atoms with Crippen molar-refractivity contribution in [3.05, 3.63) is 0 Å². The molecule has 0 aliphatic rings. The minimum Gasteiger partial charge on any atom is -0.327 e. The standard InChI is InChI=1S/C12H18O5S4/c1-7(13)18-11(5,19-8(2)14)17-12(6,20-9(3)15)21-10(4)16/h1-6H3. The first-order valence-corrected chi connectivity index (χ1v) is 9.12. The molecule has 0 radical (unpaired) electrons. The van der Waals surface area contributed by atoms with E-state index < -0.39 is 8.53 Å². The minimum atomic E-state index is -1.21. The van der Waals surface area contributed by atoms with Gasteiger partial charge in [0.2, 0.25) is 0 Å². The topological polar surface area (TPSA) is 77.5 Å². The molecule has 0 saturated carbocycles. The van der Waals surface area contributed by atoms with Crippen LogP contribution < -0.4 is 0 Å². The zero-order valence-electron chi connectivity index (χ0n) is 12.7. The zero-order chi connectivity index (χ0) is 16.8. The smallest absolute Gasteiger partial charge is 0.189 e. The van der Waals surface area contributed by atoms with E-state index in [1.165, 1.54) is 27.7 Å². The van der Waals surface area contributed by atoms with Gasteiger partial charge in [0.25, 0.3) is 0 Å². The summed E-state index contributed by atoms with van der Waals surface area (Å²) in [5.74, 6) is 0. The van der Waals surface area contributed by atoms with Crippen LogP contribution in [0.3, 0.4) is 0 Å². The van der Waals surface area contributed by atoms with Crippen LogP contribution in [-0.4, -0.2) is 29.0 Å². The monoisotopic (exact) mass is 370 g/mol. The van der Waals surface area contributed by atoms with Gasteiger partial charge in [0.05, 0.1) is 0 Å². The molecule has 0 saturated heterocycles. The van der Waals surface area contributed by atoms with Crippen molar-refractivity contribution in [2.45, 2.75) is 50.1 Å². The van der Waals surface area contributed by atoms with E-state index in [2.05, 4.69) is 0 Å². The summed E-state index contributed by atoms with van der Waals surface area (Å²) < 4.78 is 3.42. The van der Waals surface area contributed by atoms with Crippen molar-refractivity contribution < 1.29 is 23.9 Å². The van der Waals surface area contributed by atoms with E-state index >= 15 is 0 Å². The number of carbonyl (C=O) groups excluding carboxylic acids is 4. The molecule has 0 bridgehead atoms. The Kier molecular flexibility index (Phi) is 8.63. The van der Waals surface area contributed by atoms with Crippen LogP contribution in [0.25, 0.3) is 0 Å². The van der Waals surface area contributed by atoms with Gasteiger partial charge in [0.15, 0.2) is 29.0 Å². The first kappa shape index (κ1) is 21.0. The second-order valence-electron chi connectivity index (χ2n) is 4.20. The molecule has 0 unspecified atom stereocenters. The maximum absolute atomic E-state index is 11.4. The summed E-state index contributed by atoms with van der Waals surface area (Å²) in [6.45, 7) is 8.59. The van der Waals surface area contributed by atoms with Crippen LogP contribution in [0.15, 0.2) is 0 Å². The Morgan fingerprint density at radius 2 is 0.810 bits per heavy atom. The molecule has 9 heteroatoms. The number of ether oxygens (including phenoxy) is 1.